The number of anilines is 3. The maximum atomic E-state index is 14.7. The van der Waals surface area contributed by atoms with E-state index in [2.05, 4.69) is 30.4 Å². The molecule has 1 aliphatic rings. The van der Waals surface area contributed by atoms with Crippen LogP contribution in [0, 0.1) is 5.82 Å². The van der Waals surface area contributed by atoms with Gasteiger partial charge in [0.25, 0.3) is 5.91 Å². The lowest BCUT2D eigenvalue weighted by atomic mass is 10.1. The summed E-state index contributed by atoms with van der Waals surface area (Å²) < 4.78 is 33.9. The van der Waals surface area contributed by atoms with Crippen molar-refractivity contribution in [1.29, 1.82) is 0 Å². The van der Waals surface area contributed by atoms with Crippen molar-refractivity contribution >= 4 is 45.6 Å². The van der Waals surface area contributed by atoms with Gasteiger partial charge in [0.2, 0.25) is 0 Å². The summed E-state index contributed by atoms with van der Waals surface area (Å²) >= 11 is 5.89. The second-order valence-corrected chi connectivity index (χ2v) is 8.79. The number of nitrogens with one attached hydrogen (secondary N) is 2. The number of carbonyl (C=O) groups excluding carboxylic acids is 1. The number of hydrogen-bond acceptors (Lipinski definition) is 7. The minimum Gasteiger partial charge on any atom is -0.492 e. The predicted molar refractivity (Wildman–Crippen MR) is 137 cm³/mol. The van der Waals surface area contributed by atoms with Gasteiger partial charge in [-0.2, -0.15) is 0 Å². The molecule has 1 fully saturated rings. The molecule has 0 aliphatic carbocycles. The number of rotatable bonds is 8. The van der Waals surface area contributed by atoms with E-state index in [1.165, 1.54) is 30.6 Å². The van der Waals surface area contributed by atoms with Gasteiger partial charge in [-0.25, -0.2) is 18.7 Å². The van der Waals surface area contributed by atoms with Crippen molar-refractivity contribution in [1.82, 2.24) is 19.8 Å². The zero-order valence-corrected chi connectivity index (χ0v) is 20.8. The van der Waals surface area contributed by atoms with Crippen LogP contribution in [0.1, 0.15) is 6.92 Å². The molecule has 2 heterocycles. The Morgan fingerprint density at radius 2 is 1.97 bits per heavy atom. The first kappa shape index (κ1) is 25.7. The number of carbonyl (C=O) groups is 1. The molecule has 190 valence electrons. The van der Waals surface area contributed by atoms with Gasteiger partial charge in [-0.15, -0.1) is 0 Å². The van der Waals surface area contributed by atoms with Crippen LogP contribution < -0.4 is 15.4 Å². The highest BCUT2D eigenvalue weighted by Crippen LogP contribution is 2.34. The van der Waals surface area contributed by atoms with Crippen molar-refractivity contribution in [3.8, 4) is 5.75 Å². The Balaban J connectivity index is 1.57. The number of hydrogen-bond donors (Lipinski definition) is 2. The number of piperazine rings is 1. The summed E-state index contributed by atoms with van der Waals surface area (Å²) in [7, 11) is 2.04. The topological polar surface area (TPSA) is 82.6 Å². The fourth-order valence-electron chi connectivity index (χ4n) is 3.78. The molecule has 3 aromatic rings. The Kier molecular flexibility index (Phi) is 8.29. The molecule has 2 N–H and O–H groups in total. The number of nitrogens with zero attached hydrogens (tertiary/aromatic N) is 4. The average Bonchev–Trinajstić information content (AvgIpc) is 2.86. The Bertz CT molecular complexity index is 1280. The number of halogens is 3. The Morgan fingerprint density at radius 3 is 2.69 bits per heavy atom. The molecule has 4 rings (SSSR count). The Hall–Kier alpha value is -3.34. The van der Waals surface area contributed by atoms with Gasteiger partial charge >= 0.3 is 0 Å². The van der Waals surface area contributed by atoms with Gasteiger partial charge in [-0.3, -0.25) is 9.69 Å². The number of benzene rings is 2. The second-order valence-electron chi connectivity index (χ2n) is 8.38. The quantitative estimate of drug-likeness (QED) is 0.423. The number of fused-ring (bicyclic) bond motifs is 1. The molecule has 0 saturated carbocycles. The first-order valence-corrected chi connectivity index (χ1v) is 11.9. The highest BCUT2D eigenvalue weighted by Gasteiger charge is 2.18. The van der Waals surface area contributed by atoms with E-state index in [-0.39, 0.29) is 10.7 Å². The molecule has 0 bridgehead atoms. The molecule has 0 radical (unpaired) electrons. The van der Waals surface area contributed by atoms with E-state index in [4.69, 9.17) is 16.3 Å². The van der Waals surface area contributed by atoms with Crippen LogP contribution in [-0.2, 0) is 4.79 Å². The molecule has 1 aliphatic heterocycles. The van der Waals surface area contributed by atoms with Crippen LogP contribution >= 0.6 is 11.6 Å². The smallest absolute Gasteiger partial charge is 0.284 e. The van der Waals surface area contributed by atoms with Crippen LogP contribution in [0.2, 0.25) is 5.02 Å². The van der Waals surface area contributed by atoms with E-state index >= 15 is 0 Å². The van der Waals surface area contributed by atoms with Crippen LogP contribution in [-0.4, -0.2) is 72.1 Å². The van der Waals surface area contributed by atoms with E-state index < -0.39 is 17.6 Å². The van der Waals surface area contributed by atoms with Crippen LogP contribution in [0.25, 0.3) is 10.9 Å². The predicted octanol–water partition coefficient (Wildman–Crippen LogP) is 4.60. The second kappa shape index (κ2) is 11.6. The first-order valence-electron chi connectivity index (χ1n) is 11.6. The fourth-order valence-corrected chi connectivity index (χ4v) is 3.96. The molecule has 2 aromatic carbocycles. The summed E-state index contributed by atoms with van der Waals surface area (Å²) in [5.74, 6) is -1.54. The SMILES string of the molecule is CCOc1cc2ncnc(Nc3ccc(F)c(Cl)c3)c2cc1NC(=O)/C(F)=C\CN1CCN(C)CC1. The van der Waals surface area contributed by atoms with Crippen molar-refractivity contribution in [2.45, 2.75) is 6.92 Å². The lowest BCUT2D eigenvalue weighted by Gasteiger charge is -2.31. The summed E-state index contributed by atoms with van der Waals surface area (Å²) in [6.45, 7) is 5.92. The van der Waals surface area contributed by atoms with Crippen molar-refractivity contribution in [2.24, 2.45) is 0 Å². The highest BCUT2D eigenvalue weighted by molar-refractivity contribution is 6.31. The fraction of sp³-hybridized carbons (Fsp3) is 0.320. The average molecular weight is 517 g/mol. The molecule has 0 unspecified atom stereocenters. The standard InChI is InChI=1S/C25H27ClF2N6O2/c1-3-36-23-14-21-17(24(30-15-29-21)31-16-4-5-19(27)18(26)12-16)13-22(23)32-25(35)20(28)6-7-34-10-8-33(2)9-11-34/h4-6,12-15H,3,7-11H2,1-2H3,(H,32,35)(H,29,30,31)/b20-6+. The Morgan fingerprint density at radius 1 is 1.19 bits per heavy atom. The number of aromatic nitrogens is 2. The summed E-state index contributed by atoms with van der Waals surface area (Å²) in [5, 5.41) is 6.18. The molecular formula is C25H27ClF2N6O2. The van der Waals surface area contributed by atoms with Crippen molar-refractivity contribution in [3.63, 3.8) is 0 Å². The van der Waals surface area contributed by atoms with E-state index in [0.29, 0.717) is 41.3 Å². The third-order valence-corrected chi connectivity index (χ3v) is 6.10. The molecule has 0 atom stereocenters. The van der Waals surface area contributed by atoms with E-state index in [1.54, 1.807) is 19.1 Å². The zero-order chi connectivity index (χ0) is 25.7. The highest BCUT2D eigenvalue weighted by atomic mass is 35.5. The summed E-state index contributed by atoms with van der Waals surface area (Å²) in [6.07, 6.45) is 2.65. The maximum absolute atomic E-state index is 14.7. The third-order valence-electron chi connectivity index (χ3n) is 5.81. The largest absolute Gasteiger partial charge is 0.492 e. The van der Waals surface area contributed by atoms with Crippen molar-refractivity contribution in [3.05, 3.63) is 59.4 Å². The first-order chi connectivity index (χ1) is 17.3. The molecule has 36 heavy (non-hydrogen) atoms. The third kappa shape index (κ3) is 6.26. The minimum absolute atomic E-state index is 0.0382. The lowest BCUT2D eigenvalue weighted by Crippen LogP contribution is -2.44. The molecule has 1 saturated heterocycles. The van der Waals surface area contributed by atoms with Gasteiger partial charge in [-0.05, 0) is 44.3 Å². The van der Waals surface area contributed by atoms with Gasteiger partial charge in [-0.1, -0.05) is 11.6 Å². The van der Waals surface area contributed by atoms with Crippen LogP contribution in [0.3, 0.4) is 0 Å². The van der Waals surface area contributed by atoms with Gasteiger partial charge in [0, 0.05) is 49.9 Å². The van der Waals surface area contributed by atoms with Crippen LogP contribution in [0.5, 0.6) is 5.75 Å². The van der Waals surface area contributed by atoms with E-state index in [1.807, 2.05) is 7.05 Å². The Labute approximate surface area is 212 Å². The number of likely N-dealkylation sites (N-methyl/N-ethyl adjacent to an activating group) is 1. The maximum Gasteiger partial charge on any atom is 0.284 e. The molecule has 1 amide bonds. The minimum atomic E-state index is -0.875. The number of amides is 1. The van der Waals surface area contributed by atoms with Crippen molar-refractivity contribution < 1.29 is 18.3 Å². The van der Waals surface area contributed by atoms with Gasteiger partial charge in [0.15, 0.2) is 5.83 Å². The molecule has 11 heteroatoms. The van der Waals surface area contributed by atoms with Gasteiger partial charge in [0.05, 0.1) is 22.8 Å². The van der Waals surface area contributed by atoms with E-state index in [9.17, 15) is 13.6 Å². The summed E-state index contributed by atoms with van der Waals surface area (Å²) in [5.41, 5.74) is 1.32. The molecular weight excluding hydrogens is 490 g/mol. The normalized spacial score (nSPS) is 15.2. The monoisotopic (exact) mass is 516 g/mol. The van der Waals surface area contributed by atoms with Crippen LogP contribution in [0.4, 0.5) is 26.0 Å². The molecule has 1 aromatic heterocycles. The van der Waals surface area contributed by atoms with Gasteiger partial charge < -0.3 is 20.3 Å². The zero-order valence-electron chi connectivity index (χ0n) is 20.0. The molecule has 8 nitrogen and oxygen atoms in total. The lowest BCUT2D eigenvalue weighted by molar-refractivity contribution is -0.114. The van der Waals surface area contributed by atoms with E-state index in [0.717, 1.165) is 26.2 Å². The van der Waals surface area contributed by atoms with Crippen molar-refractivity contribution in [2.75, 3.05) is 57.0 Å². The van der Waals surface area contributed by atoms with Crippen LogP contribution in [0.15, 0.2) is 48.6 Å². The van der Waals surface area contributed by atoms with Gasteiger partial charge in [0.1, 0.15) is 23.7 Å². The summed E-state index contributed by atoms with van der Waals surface area (Å²) in [6, 6.07) is 7.45. The molecule has 0 spiro atoms. The summed E-state index contributed by atoms with van der Waals surface area (Å²) in [4.78, 5) is 25.5. The number of ether oxygens (including phenoxy) is 1.